The van der Waals surface area contributed by atoms with E-state index in [9.17, 15) is 0 Å². The van der Waals surface area contributed by atoms with Crippen LogP contribution < -0.4 is 0 Å². The summed E-state index contributed by atoms with van der Waals surface area (Å²) in [6, 6.07) is 7.43. The maximum absolute atomic E-state index is 2.54. The first kappa shape index (κ1) is 19.0. The van der Waals surface area contributed by atoms with E-state index in [2.05, 4.69) is 39.0 Å². The van der Waals surface area contributed by atoms with Gasteiger partial charge in [0.2, 0.25) is 0 Å². The van der Waals surface area contributed by atoms with Gasteiger partial charge in [-0.3, -0.25) is 0 Å². The molecule has 2 saturated carbocycles. The van der Waals surface area contributed by atoms with Crippen molar-refractivity contribution in [1.29, 1.82) is 0 Å². The topological polar surface area (TPSA) is 0 Å². The molecule has 0 bridgehead atoms. The Morgan fingerprint density at radius 2 is 1.52 bits per heavy atom. The standard InChI is InChI=1S/C25H40/c1-4-23-14-15-24(16-20(23)3)25(17-21-8-6-5-7-9-21)18-22-12-10-19(2)11-13-22/h14-16,19,21-22,25H,4-13,17-18H2,1-3H3. The zero-order valence-corrected chi connectivity index (χ0v) is 17.0. The van der Waals surface area contributed by atoms with Crippen LogP contribution in [0.5, 0.6) is 0 Å². The second-order valence-corrected chi connectivity index (χ2v) is 9.34. The molecule has 0 heterocycles. The van der Waals surface area contributed by atoms with E-state index in [1.807, 2.05) is 0 Å². The highest BCUT2D eigenvalue weighted by molar-refractivity contribution is 5.33. The number of rotatable bonds is 6. The van der Waals surface area contributed by atoms with Crippen LogP contribution in [0, 0.1) is 24.7 Å². The van der Waals surface area contributed by atoms with Crippen molar-refractivity contribution in [3.05, 3.63) is 34.9 Å². The lowest BCUT2D eigenvalue weighted by Gasteiger charge is -2.32. The molecule has 0 N–H and O–H groups in total. The normalized spacial score (nSPS) is 26.5. The molecule has 25 heavy (non-hydrogen) atoms. The molecule has 0 amide bonds. The van der Waals surface area contributed by atoms with Crippen LogP contribution in [-0.2, 0) is 6.42 Å². The van der Waals surface area contributed by atoms with Crippen molar-refractivity contribution in [2.24, 2.45) is 17.8 Å². The van der Waals surface area contributed by atoms with Crippen molar-refractivity contribution in [3.8, 4) is 0 Å². The SMILES string of the molecule is CCc1ccc(C(CC2CCCCC2)CC2CCC(C)CC2)cc1C. The number of aryl methyl sites for hydroxylation is 2. The molecule has 2 aliphatic carbocycles. The highest BCUT2D eigenvalue weighted by Gasteiger charge is 2.26. The third kappa shape index (κ3) is 5.35. The van der Waals surface area contributed by atoms with Crippen LogP contribution in [0.25, 0.3) is 0 Å². The van der Waals surface area contributed by atoms with Gasteiger partial charge in [0.1, 0.15) is 0 Å². The van der Waals surface area contributed by atoms with Gasteiger partial charge in [0.15, 0.2) is 0 Å². The van der Waals surface area contributed by atoms with Gasteiger partial charge in [-0.25, -0.2) is 0 Å². The fourth-order valence-corrected chi connectivity index (χ4v) is 5.53. The minimum Gasteiger partial charge on any atom is -0.0625 e. The molecule has 3 rings (SSSR count). The molecule has 1 aromatic carbocycles. The fourth-order valence-electron chi connectivity index (χ4n) is 5.53. The molecular weight excluding hydrogens is 300 g/mol. The third-order valence-corrected chi connectivity index (χ3v) is 7.31. The summed E-state index contributed by atoms with van der Waals surface area (Å²) in [7, 11) is 0. The quantitative estimate of drug-likeness (QED) is 0.495. The van der Waals surface area contributed by atoms with Crippen LogP contribution in [-0.4, -0.2) is 0 Å². The summed E-state index contributed by atoms with van der Waals surface area (Å²) in [6.07, 6.45) is 17.4. The van der Waals surface area contributed by atoms with Gasteiger partial charge in [0.25, 0.3) is 0 Å². The molecule has 2 aliphatic rings. The zero-order chi connectivity index (χ0) is 17.6. The molecule has 0 aromatic heterocycles. The Kier molecular flexibility index (Phi) is 7.02. The monoisotopic (exact) mass is 340 g/mol. The molecule has 0 aliphatic heterocycles. The Morgan fingerprint density at radius 3 is 2.12 bits per heavy atom. The molecule has 1 atom stereocenters. The van der Waals surface area contributed by atoms with Crippen LogP contribution >= 0.6 is 0 Å². The second kappa shape index (κ2) is 9.24. The van der Waals surface area contributed by atoms with Crippen molar-refractivity contribution in [2.75, 3.05) is 0 Å². The summed E-state index contributed by atoms with van der Waals surface area (Å²) in [6.45, 7) is 7.05. The Balaban J connectivity index is 1.71. The van der Waals surface area contributed by atoms with Gasteiger partial charge in [-0.15, -0.1) is 0 Å². The van der Waals surface area contributed by atoms with Crippen molar-refractivity contribution in [1.82, 2.24) is 0 Å². The predicted molar refractivity (Wildman–Crippen MR) is 110 cm³/mol. The van der Waals surface area contributed by atoms with E-state index in [0.717, 1.165) is 23.7 Å². The Labute approximate surface area is 156 Å². The molecular formula is C25H40. The molecule has 0 saturated heterocycles. The molecule has 1 aromatic rings. The molecule has 0 nitrogen and oxygen atoms in total. The van der Waals surface area contributed by atoms with Gasteiger partial charge in [-0.2, -0.15) is 0 Å². The summed E-state index contributed by atoms with van der Waals surface area (Å²) in [5.74, 6) is 3.76. The molecule has 140 valence electrons. The first-order valence-corrected chi connectivity index (χ1v) is 11.2. The average molecular weight is 341 g/mol. The summed E-state index contributed by atoms with van der Waals surface area (Å²) >= 11 is 0. The zero-order valence-electron chi connectivity index (χ0n) is 17.0. The van der Waals surface area contributed by atoms with Crippen LogP contribution in [0.3, 0.4) is 0 Å². The summed E-state index contributed by atoms with van der Waals surface area (Å²) in [4.78, 5) is 0. The smallest absolute Gasteiger partial charge is 0.0157 e. The summed E-state index contributed by atoms with van der Waals surface area (Å²) in [5.41, 5.74) is 4.71. The van der Waals surface area contributed by atoms with Crippen molar-refractivity contribution in [3.63, 3.8) is 0 Å². The van der Waals surface area contributed by atoms with E-state index in [1.54, 1.807) is 5.56 Å². The van der Waals surface area contributed by atoms with E-state index < -0.39 is 0 Å². The lowest BCUT2D eigenvalue weighted by Crippen LogP contribution is -2.18. The Bertz CT molecular complexity index is 515. The van der Waals surface area contributed by atoms with E-state index in [-0.39, 0.29) is 0 Å². The minimum atomic E-state index is 0.811. The molecule has 2 fully saturated rings. The van der Waals surface area contributed by atoms with E-state index in [0.29, 0.717) is 0 Å². The van der Waals surface area contributed by atoms with Crippen molar-refractivity contribution >= 4 is 0 Å². The van der Waals surface area contributed by atoms with Crippen LogP contribution in [0.2, 0.25) is 0 Å². The van der Waals surface area contributed by atoms with Gasteiger partial charge < -0.3 is 0 Å². The number of hydrogen-bond acceptors (Lipinski definition) is 0. The Hall–Kier alpha value is -0.780. The number of benzene rings is 1. The minimum absolute atomic E-state index is 0.811. The summed E-state index contributed by atoms with van der Waals surface area (Å²) < 4.78 is 0. The summed E-state index contributed by atoms with van der Waals surface area (Å²) in [5, 5.41) is 0. The average Bonchev–Trinajstić information content (AvgIpc) is 2.64. The van der Waals surface area contributed by atoms with Crippen molar-refractivity contribution in [2.45, 2.75) is 104 Å². The van der Waals surface area contributed by atoms with Crippen molar-refractivity contribution < 1.29 is 0 Å². The van der Waals surface area contributed by atoms with Gasteiger partial charge in [-0.05, 0) is 66.5 Å². The maximum Gasteiger partial charge on any atom is -0.0157 e. The third-order valence-electron chi connectivity index (χ3n) is 7.31. The predicted octanol–water partition coefficient (Wildman–Crippen LogP) is 7.83. The van der Waals surface area contributed by atoms with E-state index >= 15 is 0 Å². The van der Waals surface area contributed by atoms with Gasteiger partial charge in [-0.1, -0.05) is 89.8 Å². The fraction of sp³-hybridized carbons (Fsp3) is 0.760. The molecule has 1 unspecified atom stereocenters. The maximum atomic E-state index is 2.54. The Morgan fingerprint density at radius 1 is 0.880 bits per heavy atom. The molecule has 0 radical (unpaired) electrons. The van der Waals surface area contributed by atoms with Gasteiger partial charge in [0.05, 0.1) is 0 Å². The van der Waals surface area contributed by atoms with Gasteiger partial charge in [0, 0.05) is 0 Å². The van der Waals surface area contributed by atoms with Crippen LogP contribution in [0.15, 0.2) is 18.2 Å². The highest BCUT2D eigenvalue weighted by atomic mass is 14.3. The first-order valence-electron chi connectivity index (χ1n) is 11.2. The first-order chi connectivity index (χ1) is 12.2. The largest absolute Gasteiger partial charge is 0.0625 e. The van der Waals surface area contributed by atoms with Crippen LogP contribution in [0.1, 0.15) is 107 Å². The van der Waals surface area contributed by atoms with E-state index in [1.165, 1.54) is 88.2 Å². The lowest BCUT2D eigenvalue weighted by molar-refractivity contribution is 0.241. The van der Waals surface area contributed by atoms with E-state index in [4.69, 9.17) is 0 Å². The highest BCUT2D eigenvalue weighted by Crippen LogP contribution is 2.40. The molecule has 0 spiro atoms. The lowest BCUT2D eigenvalue weighted by atomic mass is 9.73. The van der Waals surface area contributed by atoms with Gasteiger partial charge >= 0.3 is 0 Å². The molecule has 0 heteroatoms. The number of hydrogen-bond donors (Lipinski definition) is 0. The van der Waals surface area contributed by atoms with Crippen LogP contribution in [0.4, 0.5) is 0 Å². The second-order valence-electron chi connectivity index (χ2n) is 9.34.